The fraction of sp³-hybridized carbons (Fsp3) is 0.235. The van der Waals surface area contributed by atoms with Crippen LogP contribution in [0.3, 0.4) is 0 Å². The molecule has 3 rings (SSSR count). The van der Waals surface area contributed by atoms with E-state index in [0.717, 1.165) is 0 Å². The van der Waals surface area contributed by atoms with Crippen LogP contribution in [0, 0.1) is 0 Å². The van der Waals surface area contributed by atoms with Crippen molar-refractivity contribution in [1.82, 2.24) is 0 Å². The van der Waals surface area contributed by atoms with Gasteiger partial charge in [-0.25, -0.2) is 0 Å². The minimum Gasteiger partial charge on any atom is -0.497 e. The number of ether oxygens (including phenoxy) is 3. The number of hydrogen-bond donors (Lipinski definition) is 1. The van der Waals surface area contributed by atoms with Gasteiger partial charge in [-0.05, 0) is 36.4 Å². The maximum Gasteiger partial charge on any atom is 0.269 e. The highest BCUT2D eigenvalue weighted by molar-refractivity contribution is 6.03. The summed E-state index contributed by atoms with van der Waals surface area (Å²) in [6.45, 7) is 0. The number of aliphatic hydroxyl groups is 1. The lowest BCUT2D eigenvalue weighted by Gasteiger charge is -2.38. The lowest BCUT2D eigenvalue weighted by molar-refractivity contribution is -0.211. The fourth-order valence-electron chi connectivity index (χ4n) is 2.61. The third kappa shape index (κ3) is 2.15. The molecule has 5 heteroatoms. The van der Waals surface area contributed by atoms with E-state index in [1.807, 2.05) is 0 Å². The maximum atomic E-state index is 12.6. The smallest absolute Gasteiger partial charge is 0.269 e. The number of ketones is 1. The zero-order valence-corrected chi connectivity index (χ0v) is 12.3. The molecule has 1 aliphatic heterocycles. The molecule has 0 amide bonds. The Labute approximate surface area is 128 Å². The van der Waals surface area contributed by atoms with Crippen molar-refractivity contribution >= 4 is 5.78 Å². The number of methoxy groups -OCH3 is 2. The molecule has 2 atom stereocenters. The SMILES string of the molecule is COc1ccc(C2(O)Oc3ccccc3C(=O)C2OC)cc1. The number of carbonyl (C=O) groups is 1. The van der Waals surface area contributed by atoms with E-state index >= 15 is 0 Å². The van der Waals surface area contributed by atoms with Crippen LogP contribution in [0.2, 0.25) is 0 Å². The van der Waals surface area contributed by atoms with Crippen molar-refractivity contribution in [2.45, 2.75) is 11.9 Å². The zero-order valence-electron chi connectivity index (χ0n) is 12.3. The zero-order chi connectivity index (χ0) is 15.7. The molecule has 0 fully saturated rings. The molecule has 2 unspecified atom stereocenters. The molecule has 0 bridgehead atoms. The number of Topliss-reactive ketones (excluding diaryl/α,β-unsaturated/α-hetero) is 1. The lowest BCUT2D eigenvalue weighted by Crippen LogP contribution is -2.53. The predicted octanol–water partition coefficient (Wildman–Crippen LogP) is 2.13. The predicted molar refractivity (Wildman–Crippen MR) is 79.1 cm³/mol. The Hall–Kier alpha value is -2.37. The van der Waals surface area contributed by atoms with Crippen LogP contribution in [0.5, 0.6) is 11.5 Å². The van der Waals surface area contributed by atoms with Gasteiger partial charge in [0.15, 0.2) is 6.10 Å². The first-order valence-corrected chi connectivity index (χ1v) is 6.82. The molecule has 2 aromatic carbocycles. The molecule has 0 spiro atoms. The normalized spacial score (nSPS) is 23.6. The molecule has 2 aromatic rings. The molecule has 0 aromatic heterocycles. The summed E-state index contributed by atoms with van der Waals surface area (Å²) in [6, 6.07) is 13.4. The van der Waals surface area contributed by atoms with Crippen LogP contribution in [0.1, 0.15) is 15.9 Å². The van der Waals surface area contributed by atoms with Gasteiger partial charge in [0.05, 0.1) is 12.7 Å². The number of benzene rings is 2. The monoisotopic (exact) mass is 300 g/mol. The molecule has 1 N–H and O–H groups in total. The first kappa shape index (κ1) is 14.6. The molecular formula is C17H16O5. The average Bonchev–Trinajstić information content (AvgIpc) is 2.55. The van der Waals surface area contributed by atoms with E-state index in [1.165, 1.54) is 7.11 Å². The van der Waals surface area contributed by atoms with Crippen molar-refractivity contribution < 1.29 is 24.1 Å². The maximum absolute atomic E-state index is 12.6. The number of fused-ring (bicyclic) bond motifs is 1. The van der Waals surface area contributed by atoms with Gasteiger partial charge >= 0.3 is 0 Å². The van der Waals surface area contributed by atoms with Crippen LogP contribution in [0.15, 0.2) is 48.5 Å². The van der Waals surface area contributed by atoms with Gasteiger partial charge in [0, 0.05) is 12.7 Å². The van der Waals surface area contributed by atoms with E-state index in [-0.39, 0.29) is 5.78 Å². The standard InChI is InChI=1S/C17H16O5/c1-20-12-9-7-11(8-10-12)17(19)16(21-2)15(18)13-5-3-4-6-14(13)22-17/h3-10,16,19H,1-2H3. The summed E-state index contributed by atoms with van der Waals surface area (Å²) in [5.41, 5.74) is 0.815. The Morgan fingerprint density at radius 3 is 2.41 bits per heavy atom. The number of hydrogen-bond acceptors (Lipinski definition) is 5. The van der Waals surface area contributed by atoms with Crippen LogP contribution in [-0.2, 0) is 10.5 Å². The van der Waals surface area contributed by atoms with E-state index in [0.29, 0.717) is 22.6 Å². The molecule has 22 heavy (non-hydrogen) atoms. The van der Waals surface area contributed by atoms with Gasteiger partial charge in [-0.3, -0.25) is 4.79 Å². The average molecular weight is 300 g/mol. The fourth-order valence-corrected chi connectivity index (χ4v) is 2.61. The molecule has 114 valence electrons. The summed E-state index contributed by atoms with van der Waals surface area (Å²) in [7, 11) is 2.92. The van der Waals surface area contributed by atoms with Gasteiger partial charge in [-0.2, -0.15) is 0 Å². The Morgan fingerprint density at radius 2 is 1.77 bits per heavy atom. The minimum absolute atomic E-state index is 0.317. The molecule has 0 aliphatic carbocycles. The quantitative estimate of drug-likeness (QED) is 0.940. The number of carbonyl (C=O) groups excluding carboxylic acids is 1. The summed E-state index contributed by atoms with van der Waals surface area (Å²) in [5.74, 6) is -1.22. The third-order valence-corrected chi connectivity index (χ3v) is 3.75. The molecule has 5 nitrogen and oxygen atoms in total. The first-order chi connectivity index (χ1) is 10.6. The van der Waals surface area contributed by atoms with E-state index < -0.39 is 11.9 Å². The third-order valence-electron chi connectivity index (χ3n) is 3.75. The molecule has 0 saturated carbocycles. The van der Waals surface area contributed by atoms with Crippen LogP contribution >= 0.6 is 0 Å². The Bertz CT molecular complexity index is 694. The van der Waals surface area contributed by atoms with Crippen molar-refractivity contribution in [1.29, 1.82) is 0 Å². The Kier molecular flexibility index (Phi) is 3.60. The summed E-state index contributed by atoms with van der Waals surface area (Å²) in [5, 5.41) is 11.0. The number of rotatable bonds is 3. The summed E-state index contributed by atoms with van der Waals surface area (Å²) in [6.07, 6.45) is -1.14. The van der Waals surface area contributed by atoms with Crippen molar-refractivity contribution in [2.75, 3.05) is 14.2 Å². The largest absolute Gasteiger partial charge is 0.497 e. The van der Waals surface area contributed by atoms with Gasteiger partial charge in [-0.1, -0.05) is 12.1 Å². The van der Waals surface area contributed by atoms with Crippen LogP contribution in [0.25, 0.3) is 0 Å². The second kappa shape index (κ2) is 5.44. The van der Waals surface area contributed by atoms with Crippen molar-refractivity contribution in [3.63, 3.8) is 0 Å². The Morgan fingerprint density at radius 1 is 1.09 bits per heavy atom. The molecular weight excluding hydrogens is 284 g/mol. The van der Waals surface area contributed by atoms with E-state index in [1.54, 1.807) is 55.6 Å². The highest BCUT2D eigenvalue weighted by Crippen LogP contribution is 2.39. The highest BCUT2D eigenvalue weighted by atomic mass is 16.7. The van der Waals surface area contributed by atoms with E-state index in [2.05, 4.69) is 0 Å². The second-order valence-corrected chi connectivity index (χ2v) is 5.00. The highest BCUT2D eigenvalue weighted by Gasteiger charge is 2.50. The summed E-state index contributed by atoms with van der Waals surface area (Å²) in [4.78, 5) is 12.6. The molecule has 1 aliphatic rings. The summed E-state index contributed by atoms with van der Waals surface area (Å²) < 4.78 is 16.1. The topological polar surface area (TPSA) is 65.0 Å². The van der Waals surface area contributed by atoms with Gasteiger partial charge in [0.2, 0.25) is 5.78 Å². The first-order valence-electron chi connectivity index (χ1n) is 6.82. The van der Waals surface area contributed by atoms with Gasteiger partial charge in [0.1, 0.15) is 11.5 Å². The lowest BCUT2D eigenvalue weighted by atomic mass is 9.90. The minimum atomic E-state index is -1.88. The summed E-state index contributed by atoms with van der Waals surface area (Å²) >= 11 is 0. The molecule has 0 radical (unpaired) electrons. The second-order valence-electron chi connectivity index (χ2n) is 5.00. The van der Waals surface area contributed by atoms with E-state index in [9.17, 15) is 9.90 Å². The van der Waals surface area contributed by atoms with Crippen LogP contribution in [0.4, 0.5) is 0 Å². The van der Waals surface area contributed by atoms with Crippen molar-refractivity contribution in [3.8, 4) is 11.5 Å². The van der Waals surface area contributed by atoms with Crippen LogP contribution < -0.4 is 9.47 Å². The van der Waals surface area contributed by atoms with Crippen molar-refractivity contribution in [2.24, 2.45) is 0 Å². The molecule has 0 saturated heterocycles. The van der Waals surface area contributed by atoms with Crippen LogP contribution in [-0.4, -0.2) is 31.2 Å². The van der Waals surface area contributed by atoms with Gasteiger partial charge in [0.25, 0.3) is 5.79 Å². The molecule has 1 heterocycles. The van der Waals surface area contributed by atoms with Crippen molar-refractivity contribution in [3.05, 3.63) is 59.7 Å². The van der Waals surface area contributed by atoms with Gasteiger partial charge in [-0.15, -0.1) is 0 Å². The van der Waals surface area contributed by atoms with Gasteiger partial charge < -0.3 is 19.3 Å². The Balaban J connectivity index is 2.09. The number of para-hydroxylation sites is 1. The van der Waals surface area contributed by atoms with E-state index in [4.69, 9.17) is 14.2 Å².